The summed E-state index contributed by atoms with van der Waals surface area (Å²) in [6.45, 7) is 0. The lowest BCUT2D eigenvalue weighted by Crippen LogP contribution is -2.10. The first-order valence-corrected chi connectivity index (χ1v) is 4.64. The van der Waals surface area contributed by atoms with Crippen LogP contribution in [0.3, 0.4) is 0 Å². The number of aromatic nitrogens is 2. The molecule has 0 aliphatic heterocycles. The third-order valence-corrected chi connectivity index (χ3v) is 2.16. The van der Waals surface area contributed by atoms with E-state index in [0.717, 1.165) is 16.7 Å². The minimum Gasteiger partial charge on any atom is -0.481 e. The Hall–Kier alpha value is -2.05. The molecule has 90 valence electrons. The van der Waals surface area contributed by atoms with Crippen LogP contribution in [0.5, 0.6) is 0 Å². The Balaban J connectivity index is 2.57. The van der Waals surface area contributed by atoms with E-state index in [1.165, 1.54) is 12.1 Å². The summed E-state index contributed by atoms with van der Waals surface area (Å²) in [5.74, 6) is -1.14. The summed E-state index contributed by atoms with van der Waals surface area (Å²) in [7, 11) is 0. The van der Waals surface area contributed by atoms with Gasteiger partial charge in [-0.15, -0.1) is 0 Å². The fourth-order valence-corrected chi connectivity index (χ4v) is 1.53. The van der Waals surface area contributed by atoms with Gasteiger partial charge in [0, 0.05) is 6.20 Å². The molecule has 0 atom stereocenters. The summed E-state index contributed by atoms with van der Waals surface area (Å²) < 4.78 is 38.7. The Kier molecular flexibility index (Phi) is 2.53. The fourth-order valence-electron chi connectivity index (χ4n) is 1.53. The van der Waals surface area contributed by atoms with Gasteiger partial charge in [-0.3, -0.25) is 9.20 Å². The largest absolute Gasteiger partial charge is 0.481 e. The Morgan fingerprint density at radius 1 is 1.41 bits per heavy atom. The first-order chi connectivity index (χ1) is 7.88. The molecule has 2 heterocycles. The molecule has 2 aromatic rings. The van der Waals surface area contributed by atoms with Crippen molar-refractivity contribution in [3.63, 3.8) is 0 Å². The summed E-state index contributed by atoms with van der Waals surface area (Å²) in [5.41, 5.74) is -0.704. The maximum absolute atomic E-state index is 12.6. The summed E-state index contributed by atoms with van der Waals surface area (Å²) in [6.07, 6.45) is -3.81. The summed E-state index contributed by atoms with van der Waals surface area (Å²) >= 11 is 0. The molecule has 1 N–H and O–H groups in total. The van der Waals surface area contributed by atoms with Gasteiger partial charge in [0.2, 0.25) is 0 Å². The number of carboxylic acids is 1. The lowest BCUT2D eigenvalue weighted by atomic mass is 10.3. The van der Waals surface area contributed by atoms with Crippen molar-refractivity contribution in [1.82, 2.24) is 9.38 Å². The molecule has 0 aliphatic rings. The van der Waals surface area contributed by atoms with Gasteiger partial charge in [-0.25, -0.2) is 4.98 Å². The van der Waals surface area contributed by atoms with E-state index in [9.17, 15) is 18.0 Å². The van der Waals surface area contributed by atoms with Crippen LogP contribution in [-0.2, 0) is 17.4 Å². The van der Waals surface area contributed by atoms with Crippen molar-refractivity contribution in [2.75, 3.05) is 0 Å². The molecule has 0 bridgehead atoms. The minimum atomic E-state index is -4.50. The zero-order valence-corrected chi connectivity index (χ0v) is 8.40. The molecule has 0 aromatic carbocycles. The van der Waals surface area contributed by atoms with Crippen LogP contribution in [0.1, 0.15) is 11.4 Å². The molecular formula is C10H7F3N2O2. The van der Waals surface area contributed by atoms with Gasteiger partial charge in [0.25, 0.3) is 0 Å². The van der Waals surface area contributed by atoms with Crippen LogP contribution in [0.15, 0.2) is 24.4 Å². The summed E-state index contributed by atoms with van der Waals surface area (Å²) in [4.78, 5) is 14.3. The number of rotatable bonds is 2. The highest BCUT2D eigenvalue weighted by Gasteiger charge is 2.33. The molecular weight excluding hydrogens is 237 g/mol. The Bertz CT molecular complexity index is 574. The third-order valence-electron chi connectivity index (χ3n) is 2.16. The molecule has 17 heavy (non-hydrogen) atoms. The molecule has 0 saturated heterocycles. The maximum atomic E-state index is 12.6. The first kappa shape index (κ1) is 11.4. The quantitative estimate of drug-likeness (QED) is 0.878. The number of alkyl halides is 3. The van der Waals surface area contributed by atoms with E-state index in [0.29, 0.717) is 0 Å². The normalized spacial score (nSPS) is 11.9. The Morgan fingerprint density at radius 3 is 2.71 bits per heavy atom. The lowest BCUT2D eigenvalue weighted by molar-refractivity contribution is -0.142. The van der Waals surface area contributed by atoms with Crippen molar-refractivity contribution in [1.29, 1.82) is 0 Å². The van der Waals surface area contributed by atoms with Crippen LogP contribution in [-0.4, -0.2) is 20.5 Å². The van der Waals surface area contributed by atoms with Crippen LogP contribution in [0, 0.1) is 0 Å². The zero-order chi connectivity index (χ0) is 12.6. The third kappa shape index (κ3) is 2.22. The van der Waals surface area contributed by atoms with Crippen molar-refractivity contribution >= 4 is 11.6 Å². The number of halogens is 3. The molecule has 0 fully saturated rings. The minimum absolute atomic E-state index is 0.0797. The summed E-state index contributed by atoms with van der Waals surface area (Å²) in [5, 5.41) is 8.55. The molecule has 0 spiro atoms. The van der Waals surface area contributed by atoms with Gasteiger partial charge >= 0.3 is 12.1 Å². The SMILES string of the molecule is O=C(O)Cc1cn2c(C(F)(F)F)cccc2n1. The number of fused-ring (bicyclic) bond motifs is 1. The Morgan fingerprint density at radius 2 is 2.12 bits per heavy atom. The molecule has 2 aromatic heterocycles. The number of carboxylic acid groups (broad SMARTS) is 1. The maximum Gasteiger partial charge on any atom is 0.431 e. The number of carbonyl (C=O) groups is 1. The van der Waals surface area contributed by atoms with E-state index in [1.807, 2.05) is 0 Å². The second-order valence-corrected chi connectivity index (χ2v) is 3.44. The van der Waals surface area contributed by atoms with Gasteiger partial charge in [-0.1, -0.05) is 6.07 Å². The van der Waals surface area contributed by atoms with Crippen molar-refractivity contribution in [3.05, 3.63) is 35.8 Å². The smallest absolute Gasteiger partial charge is 0.431 e. The van der Waals surface area contributed by atoms with Crippen LogP contribution >= 0.6 is 0 Å². The highest BCUT2D eigenvalue weighted by atomic mass is 19.4. The van der Waals surface area contributed by atoms with E-state index in [-0.39, 0.29) is 11.3 Å². The van der Waals surface area contributed by atoms with Crippen LogP contribution in [0.4, 0.5) is 13.2 Å². The average molecular weight is 244 g/mol. The van der Waals surface area contributed by atoms with Gasteiger partial charge in [-0.2, -0.15) is 13.2 Å². The van der Waals surface area contributed by atoms with E-state index in [2.05, 4.69) is 4.98 Å². The van der Waals surface area contributed by atoms with Crippen LogP contribution < -0.4 is 0 Å². The molecule has 2 rings (SSSR count). The predicted octanol–water partition coefficient (Wildman–Crippen LogP) is 1.98. The van der Waals surface area contributed by atoms with Crippen LogP contribution in [0.25, 0.3) is 5.65 Å². The van der Waals surface area contributed by atoms with Gasteiger partial charge in [0.05, 0.1) is 12.1 Å². The molecule has 0 saturated carbocycles. The predicted molar refractivity (Wildman–Crippen MR) is 51.5 cm³/mol. The molecule has 4 nitrogen and oxygen atoms in total. The molecule has 0 amide bonds. The zero-order valence-electron chi connectivity index (χ0n) is 8.40. The van der Waals surface area contributed by atoms with Crippen molar-refractivity contribution in [3.8, 4) is 0 Å². The fraction of sp³-hybridized carbons (Fsp3) is 0.200. The van der Waals surface area contributed by atoms with Gasteiger partial charge in [0.1, 0.15) is 11.3 Å². The first-order valence-electron chi connectivity index (χ1n) is 4.64. The van der Waals surface area contributed by atoms with E-state index >= 15 is 0 Å². The van der Waals surface area contributed by atoms with E-state index in [1.54, 1.807) is 0 Å². The second-order valence-electron chi connectivity index (χ2n) is 3.44. The Labute approximate surface area is 93.3 Å². The number of hydrogen-bond donors (Lipinski definition) is 1. The monoisotopic (exact) mass is 244 g/mol. The van der Waals surface area contributed by atoms with Gasteiger partial charge in [0.15, 0.2) is 0 Å². The molecule has 0 aliphatic carbocycles. The van der Waals surface area contributed by atoms with Gasteiger partial charge in [-0.05, 0) is 12.1 Å². The molecule has 0 radical (unpaired) electrons. The van der Waals surface area contributed by atoms with Crippen molar-refractivity contribution in [2.45, 2.75) is 12.6 Å². The topological polar surface area (TPSA) is 54.6 Å². The van der Waals surface area contributed by atoms with Crippen LogP contribution in [0.2, 0.25) is 0 Å². The number of aliphatic carboxylic acids is 1. The highest BCUT2D eigenvalue weighted by Crippen LogP contribution is 2.29. The summed E-state index contributed by atoms with van der Waals surface area (Å²) in [6, 6.07) is 3.54. The highest BCUT2D eigenvalue weighted by molar-refractivity contribution is 5.69. The van der Waals surface area contributed by atoms with Gasteiger partial charge < -0.3 is 5.11 Å². The molecule has 0 unspecified atom stereocenters. The second kappa shape index (κ2) is 3.76. The number of pyridine rings is 1. The number of hydrogen-bond acceptors (Lipinski definition) is 2. The molecule has 7 heteroatoms. The number of nitrogens with zero attached hydrogens (tertiary/aromatic N) is 2. The van der Waals surface area contributed by atoms with E-state index < -0.39 is 24.3 Å². The number of imidazole rings is 1. The van der Waals surface area contributed by atoms with Crippen molar-refractivity contribution in [2.24, 2.45) is 0 Å². The average Bonchev–Trinajstić information content (AvgIpc) is 2.55. The van der Waals surface area contributed by atoms with Crippen molar-refractivity contribution < 1.29 is 23.1 Å². The van der Waals surface area contributed by atoms with E-state index in [4.69, 9.17) is 5.11 Å². The lowest BCUT2D eigenvalue weighted by Gasteiger charge is -2.08. The standard InChI is InChI=1S/C10H7F3N2O2/c11-10(12,13)7-2-1-3-8-14-6(4-9(16)17)5-15(7)8/h1-3,5H,4H2,(H,16,17).